The average molecular weight is 593 g/mol. The zero-order valence-corrected chi connectivity index (χ0v) is 22.8. The number of benzene rings is 2. The van der Waals surface area contributed by atoms with Crippen LogP contribution in [0.15, 0.2) is 53.0 Å². The number of likely N-dealkylation sites (tertiary alicyclic amines) is 1. The van der Waals surface area contributed by atoms with E-state index in [2.05, 4.69) is 15.9 Å². The molecular formula is C25H30BrN5O5S. The van der Waals surface area contributed by atoms with Crippen LogP contribution in [0.3, 0.4) is 0 Å². The minimum atomic E-state index is -4.18. The highest BCUT2D eigenvalue weighted by atomic mass is 79.9. The predicted octanol–water partition coefficient (Wildman–Crippen LogP) is 3.51. The predicted molar refractivity (Wildman–Crippen MR) is 148 cm³/mol. The highest BCUT2D eigenvalue weighted by Gasteiger charge is 2.26. The van der Waals surface area contributed by atoms with Crippen LogP contribution in [-0.4, -0.2) is 67.6 Å². The SMILES string of the molecule is CC(=N)N1CCC(Oc2ccc(N(CC=Cc3cccc(C(=N)N)c3)S(=O)(=O)CC(=O)O)cc2Br)CC1. The number of nitrogens with two attached hydrogens (primary N) is 1. The van der Waals surface area contributed by atoms with E-state index in [0.29, 0.717) is 21.6 Å². The van der Waals surface area contributed by atoms with Crippen molar-refractivity contribution in [3.05, 3.63) is 64.1 Å². The van der Waals surface area contributed by atoms with Crippen LogP contribution in [0.5, 0.6) is 5.75 Å². The first kappa shape index (κ1) is 28.2. The number of nitrogens with zero attached hydrogens (tertiary/aromatic N) is 2. The fraction of sp³-hybridized carbons (Fsp3) is 0.320. The molecule has 0 aromatic heterocycles. The minimum Gasteiger partial charge on any atom is -0.489 e. The number of carboxylic acid groups (broad SMARTS) is 1. The number of carbonyl (C=O) groups is 1. The quantitative estimate of drug-likeness (QED) is 0.243. The molecule has 0 atom stereocenters. The summed E-state index contributed by atoms with van der Waals surface area (Å²) >= 11 is 3.46. The number of hydrogen-bond donors (Lipinski definition) is 4. The van der Waals surface area contributed by atoms with Gasteiger partial charge in [0.2, 0.25) is 10.0 Å². The van der Waals surface area contributed by atoms with Gasteiger partial charge in [-0.05, 0) is 52.7 Å². The summed E-state index contributed by atoms with van der Waals surface area (Å²) in [5.74, 6) is -1.49. The molecule has 0 amide bonds. The van der Waals surface area contributed by atoms with Crippen LogP contribution in [0.2, 0.25) is 0 Å². The van der Waals surface area contributed by atoms with E-state index in [9.17, 15) is 13.2 Å². The minimum absolute atomic E-state index is 0.0294. The molecule has 5 N–H and O–H groups in total. The molecule has 1 aliphatic heterocycles. The van der Waals surface area contributed by atoms with E-state index in [-0.39, 0.29) is 24.2 Å². The van der Waals surface area contributed by atoms with Gasteiger partial charge in [0.15, 0.2) is 5.75 Å². The van der Waals surface area contributed by atoms with Crippen LogP contribution in [0.1, 0.15) is 30.9 Å². The van der Waals surface area contributed by atoms with Gasteiger partial charge in [0.05, 0.1) is 22.5 Å². The van der Waals surface area contributed by atoms with Crippen LogP contribution in [-0.2, 0) is 14.8 Å². The fourth-order valence-electron chi connectivity index (χ4n) is 3.94. The first-order chi connectivity index (χ1) is 17.5. The monoisotopic (exact) mass is 591 g/mol. The zero-order valence-electron chi connectivity index (χ0n) is 20.4. The van der Waals surface area contributed by atoms with Crippen molar-refractivity contribution in [2.45, 2.75) is 25.9 Å². The smallest absolute Gasteiger partial charge is 0.320 e. The van der Waals surface area contributed by atoms with Gasteiger partial charge in [-0.2, -0.15) is 0 Å². The van der Waals surface area contributed by atoms with E-state index in [4.69, 9.17) is 26.4 Å². The van der Waals surface area contributed by atoms with Crippen molar-refractivity contribution in [1.82, 2.24) is 4.90 Å². The Labute approximate surface area is 224 Å². The maximum absolute atomic E-state index is 12.9. The number of nitrogens with one attached hydrogen (secondary N) is 2. The topological polar surface area (TPSA) is 161 Å². The molecule has 1 saturated heterocycles. The second kappa shape index (κ2) is 12.2. The number of ether oxygens (including phenoxy) is 1. The molecule has 2 aromatic rings. The van der Waals surface area contributed by atoms with Gasteiger partial charge in [-0.15, -0.1) is 0 Å². The third kappa shape index (κ3) is 7.80. The van der Waals surface area contributed by atoms with Gasteiger partial charge in [0.25, 0.3) is 0 Å². The van der Waals surface area contributed by atoms with Crippen LogP contribution in [0.4, 0.5) is 5.69 Å². The first-order valence-electron chi connectivity index (χ1n) is 11.6. The lowest BCUT2D eigenvalue weighted by Crippen LogP contribution is -2.40. The van der Waals surface area contributed by atoms with Crippen molar-refractivity contribution in [3.8, 4) is 5.75 Å². The number of aliphatic carboxylic acids is 1. The van der Waals surface area contributed by atoms with Crippen molar-refractivity contribution in [2.75, 3.05) is 29.7 Å². The molecule has 0 radical (unpaired) electrons. The molecule has 10 nitrogen and oxygen atoms in total. The van der Waals surface area contributed by atoms with Crippen LogP contribution >= 0.6 is 15.9 Å². The summed E-state index contributed by atoms with van der Waals surface area (Å²) in [5, 5.41) is 24.5. The summed E-state index contributed by atoms with van der Waals surface area (Å²) in [6, 6.07) is 11.8. The number of rotatable bonds is 10. The second-order valence-corrected chi connectivity index (χ2v) is 11.4. The van der Waals surface area contributed by atoms with Crippen molar-refractivity contribution in [2.24, 2.45) is 5.73 Å². The normalized spacial score (nSPS) is 14.5. The molecule has 1 heterocycles. The lowest BCUT2D eigenvalue weighted by atomic mass is 10.1. The molecular weight excluding hydrogens is 562 g/mol. The molecule has 3 rings (SSSR count). The Balaban J connectivity index is 1.80. The maximum atomic E-state index is 12.9. The summed E-state index contributed by atoms with van der Waals surface area (Å²) in [4.78, 5) is 13.2. The Morgan fingerprint density at radius 3 is 2.54 bits per heavy atom. The van der Waals surface area contributed by atoms with Crippen LogP contribution in [0, 0.1) is 10.8 Å². The van der Waals surface area contributed by atoms with Crippen LogP contribution < -0.4 is 14.8 Å². The van der Waals surface area contributed by atoms with E-state index >= 15 is 0 Å². The molecule has 12 heteroatoms. The number of carboxylic acids is 1. The lowest BCUT2D eigenvalue weighted by molar-refractivity contribution is -0.134. The molecule has 1 fully saturated rings. The summed E-state index contributed by atoms with van der Waals surface area (Å²) in [6.07, 6.45) is 4.79. The first-order valence-corrected chi connectivity index (χ1v) is 14.0. The maximum Gasteiger partial charge on any atom is 0.320 e. The van der Waals surface area contributed by atoms with Gasteiger partial charge < -0.3 is 20.5 Å². The van der Waals surface area contributed by atoms with E-state index in [1.807, 2.05) is 4.90 Å². The Morgan fingerprint density at radius 1 is 1.24 bits per heavy atom. The van der Waals surface area contributed by atoms with E-state index < -0.39 is 21.7 Å². The molecule has 0 saturated carbocycles. The highest BCUT2D eigenvalue weighted by molar-refractivity contribution is 9.10. The fourth-order valence-corrected chi connectivity index (χ4v) is 5.61. The molecule has 198 valence electrons. The summed E-state index contributed by atoms with van der Waals surface area (Å²) in [7, 11) is -4.18. The number of nitrogen functional groups attached to an aromatic ring is 1. The number of hydrogen-bond acceptors (Lipinski definition) is 6. The number of anilines is 1. The number of sulfonamides is 1. The van der Waals surface area contributed by atoms with Gasteiger partial charge in [0.1, 0.15) is 17.7 Å². The zero-order chi connectivity index (χ0) is 27.2. The summed E-state index contributed by atoms with van der Waals surface area (Å²) < 4.78 is 33.5. The molecule has 2 aromatic carbocycles. The second-order valence-electron chi connectivity index (χ2n) is 8.63. The standard InChI is InChI=1S/C25H30BrN5O5S/c1-17(27)30-12-9-21(10-13-30)36-23-8-7-20(15-22(23)26)31(37(34,35)16-24(32)33)11-3-5-18-4-2-6-19(14-18)25(28)29/h2-8,14-15,21,27H,9-13,16H2,1H3,(H3,28,29)(H,32,33). The number of piperidine rings is 1. The Kier molecular flexibility index (Phi) is 9.33. The molecule has 0 spiro atoms. The molecule has 1 aliphatic rings. The van der Waals surface area contributed by atoms with E-state index in [0.717, 1.165) is 35.8 Å². The Morgan fingerprint density at radius 2 is 1.95 bits per heavy atom. The third-order valence-electron chi connectivity index (χ3n) is 5.83. The largest absolute Gasteiger partial charge is 0.489 e. The van der Waals surface area contributed by atoms with Crippen molar-refractivity contribution >= 4 is 55.4 Å². The van der Waals surface area contributed by atoms with Crippen molar-refractivity contribution in [3.63, 3.8) is 0 Å². The molecule has 0 aliphatic carbocycles. The van der Waals surface area contributed by atoms with Crippen LogP contribution in [0.25, 0.3) is 6.08 Å². The molecule has 0 bridgehead atoms. The van der Waals surface area contributed by atoms with Gasteiger partial charge in [0, 0.05) is 31.5 Å². The van der Waals surface area contributed by atoms with E-state index in [1.54, 1.807) is 61.5 Å². The van der Waals surface area contributed by atoms with Gasteiger partial charge in [-0.25, -0.2) is 8.42 Å². The molecule has 37 heavy (non-hydrogen) atoms. The van der Waals surface area contributed by atoms with E-state index in [1.165, 1.54) is 0 Å². The summed E-state index contributed by atoms with van der Waals surface area (Å²) in [6.45, 7) is 3.13. The van der Waals surface area contributed by atoms with Gasteiger partial charge >= 0.3 is 5.97 Å². The van der Waals surface area contributed by atoms with Gasteiger partial charge in [-0.1, -0.05) is 30.4 Å². The molecule has 0 unspecified atom stereocenters. The van der Waals surface area contributed by atoms with Crippen molar-refractivity contribution < 1.29 is 23.1 Å². The lowest BCUT2D eigenvalue weighted by Gasteiger charge is -2.33. The number of halogens is 1. The Hall–Kier alpha value is -3.38. The average Bonchev–Trinajstić information content (AvgIpc) is 2.83. The highest BCUT2D eigenvalue weighted by Crippen LogP contribution is 2.33. The van der Waals surface area contributed by atoms with Crippen molar-refractivity contribution in [1.29, 1.82) is 10.8 Å². The van der Waals surface area contributed by atoms with Gasteiger partial charge in [-0.3, -0.25) is 19.9 Å². The third-order valence-corrected chi connectivity index (χ3v) is 8.10. The Bertz CT molecular complexity index is 1310. The summed E-state index contributed by atoms with van der Waals surface area (Å²) in [5.41, 5.74) is 7.08. The number of amidine groups is 2.